The maximum atomic E-state index is 11.4. The van der Waals surface area contributed by atoms with Crippen LogP contribution in [0.2, 0.25) is 0 Å². The van der Waals surface area contributed by atoms with E-state index in [0.29, 0.717) is 0 Å². The summed E-state index contributed by atoms with van der Waals surface area (Å²) in [5.41, 5.74) is 5.06. The van der Waals surface area contributed by atoms with Crippen LogP contribution in [0.1, 0.15) is 27.2 Å². The molecular formula is C8H16N2O. The Morgan fingerprint density at radius 2 is 1.91 bits per heavy atom. The molecule has 0 aromatic carbocycles. The van der Waals surface area contributed by atoms with Crippen molar-refractivity contribution in [2.45, 2.75) is 38.3 Å². The minimum Gasteiger partial charge on any atom is -0.339 e. The maximum Gasteiger partial charge on any atom is 0.242 e. The second-order valence-electron chi connectivity index (χ2n) is 4.27. The first kappa shape index (κ1) is 8.53. The van der Waals surface area contributed by atoms with Gasteiger partial charge in [-0.25, -0.2) is 0 Å². The van der Waals surface area contributed by atoms with Gasteiger partial charge in [0.15, 0.2) is 0 Å². The molecule has 0 spiro atoms. The fourth-order valence-corrected chi connectivity index (χ4v) is 1.75. The third kappa shape index (κ3) is 1.13. The summed E-state index contributed by atoms with van der Waals surface area (Å²) >= 11 is 0. The molecule has 1 saturated heterocycles. The molecule has 1 aliphatic rings. The van der Waals surface area contributed by atoms with Gasteiger partial charge >= 0.3 is 0 Å². The number of rotatable bonds is 0. The van der Waals surface area contributed by atoms with Gasteiger partial charge < -0.3 is 10.6 Å². The van der Waals surface area contributed by atoms with Gasteiger partial charge in [-0.15, -0.1) is 0 Å². The first-order valence-corrected chi connectivity index (χ1v) is 3.84. The lowest BCUT2D eigenvalue weighted by Crippen LogP contribution is -2.44. The van der Waals surface area contributed by atoms with Gasteiger partial charge in [0.2, 0.25) is 5.91 Å². The van der Waals surface area contributed by atoms with Crippen LogP contribution in [0.15, 0.2) is 0 Å². The Morgan fingerprint density at radius 3 is 2.00 bits per heavy atom. The van der Waals surface area contributed by atoms with E-state index >= 15 is 0 Å². The van der Waals surface area contributed by atoms with E-state index in [4.69, 9.17) is 5.73 Å². The van der Waals surface area contributed by atoms with Crippen molar-refractivity contribution in [1.29, 1.82) is 0 Å². The molecular weight excluding hydrogens is 140 g/mol. The average molecular weight is 156 g/mol. The van der Waals surface area contributed by atoms with Crippen LogP contribution in [0, 0.1) is 0 Å². The SMILES string of the molecule is CN1C(=O)C(C)(N)CC1(C)C. The van der Waals surface area contributed by atoms with E-state index in [9.17, 15) is 4.79 Å². The topological polar surface area (TPSA) is 46.3 Å². The van der Waals surface area contributed by atoms with Crippen LogP contribution in [0.25, 0.3) is 0 Å². The summed E-state index contributed by atoms with van der Waals surface area (Å²) in [6.45, 7) is 5.85. The van der Waals surface area contributed by atoms with Crippen LogP contribution < -0.4 is 5.73 Å². The molecule has 0 saturated carbocycles. The minimum atomic E-state index is -0.655. The largest absolute Gasteiger partial charge is 0.339 e. The molecule has 1 atom stereocenters. The Hall–Kier alpha value is -0.570. The zero-order valence-electron chi connectivity index (χ0n) is 7.64. The lowest BCUT2D eigenvalue weighted by Gasteiger charge is -2.26. The van der Waals surface area contributed by atoms with E-state index in [1.807, 2.05) is 13.8 Å². The summed E-state index contributed by atoms with van der Waals surface area (Å²) in [5.74, 6) is 0.0440. The second kappa shape index (κ2) is 1.97. The summed E-state index contributed by atoms with van der Waals surface area (Å²) in [6, 6.07) is 0. The smallest absolute Gasteiger partial charge is 0.242 e. The fourth-order valence-electron chi connectivity index (χ4n) is 1.75. The molecule has 0 bridgehead atoms. The highest BCUT2D eigenvalue weighted by Gasteiger charge is 2.48. The third-order valence-corrected chi connectivity index (χ3v) is 2.50. The van der Waals surface area contributed by atoms with Crippen molar-refractivity contribution in [3.63, 3.8) is 0 Å². The summed E-state index contributed by atoms with van der Waals surface area (Å²) in [7, 11) is 1.81. The van der Waals surface area contributed by atoms with Crippen LogP contribution in [-0.4, -0.2) is 28.9 Å². The fraction of sp³-hybridized carbons (Fsp3) is 0.875. The molecule has 1 aliphatic heterocycles. The molecule has 64 valence electrons. The predicted octanol–water partition coefficient (Wildman–Crippen LogP) is 0.344. The number of carbonyl (C=O) groups excluding carboxylic acids is 1. The first-order chi connectivity index (χ1) is 4.77. The Balaban J connectivity index is 2.96. The Labute approximate surface area is 67.5 Å². The standard InChI is InChI=1S/C8H16N2O/c1-7(2)5-8(3,9)6(11)10(7)4/h5,9H2,1-4H3. The van der Waals surface area contributed by atoms with E-state index in [-0.39, 0.29) is 11.4 Å². The minimum absolute atomic E-state index is 0.0440. The molecule has 1 unspecified atom stereocenters. The lowest BCUT2D eigenvalue weighted by molar-refractivity contribution is -0.132. The normalized spacial score (nSPS) is 36.5. The lowest BCUT2D eigenvalue weighted by atomic mass is 9.92. The van der Waals surface area contributed by atoms with Crippen molar-refractivity contribution in [2.75, 3.05) is 7.05 Å². The van der Waals surface area contributed by atoms with Gasteiger partial charge in [0, 0.05) is 12.6 Å². The highest BCUT2D eigenvalue weighted by atomic mass is 16.2. The Kier molecular flexibility index (Phi) is 1.53. The number of likely N-dealkylation sites (tertiary alicyclic amines) is 1. The predicted molar refractivity (Wildman–Crippen MR) is 44.1 cm³/mol. The van der Waals surface area contributed by atoms with E-state index < -0.39 is 5.54 Å². The van der Waals surface area contributed by atoms with Crippen LogP contribution in [0.5, 0.6) is 0 Å². The maximum absolute atomic E-state index is 11.4. The van der Waals surface area contributed by atoms with Crippen molar-refractivity contribution in [3.8, 4) is 0 Å². The van der Waals surface area contributed by atoms with E-state index in [1.165, 1.54) is 0 Å². The molecule has 3 nitrogen and oxygen atoms in total. The number of nitrogens with zero attached hydrogens (tertiary/aromatic N) is 1. The zero-order valence-corrected chi connectivity index (χ0v) is 7.64. The summed E-state index contributed by atoms with van der Waals surface area (Å²) in [5, 5.41) is 0. The number of hydrogen-bond donors (Lipinski definition) is 1. The molecule has 0 radical (unpaired) electrons. The summed E-state index contributed by atoms with van der Waals surface area (Å²) < 4.78 is 0. The Bertz CT molecular complexity index is 196. The molecule has 1 heterocycles. The van der Waals surface area contributed by atoms with Gasteiger partial charge in [0.05, 0.1) is 5.54 Å². The number of nitrogens with two attached hydrogens (primary N) is 1. The molecule has 1 rings (SSSR count). The highest BCUT2D eigenvalue weighted by Crippen LogP contribution is 2.33. The van der Waals surface area contributed by atoms with Gasteiger partial charge in [0.1, 0.15) is 0 Å². The third-order valence-electron chi connectivity index (χ3n) is 2.50. The molecule has 0 aliphatic carbocycles. The first-order valence-electron chi connectivity index (χ1n) is 3.84. The molecule has 0 aromatic heterocycles. The summed E-state index contributed by atoms with van der Waals surface area (Å²) in [6.07, 6.45) is 0.731. The van der Waals surface area contributed by atoms with Crippen molar-refractivity contribution >= 4 is 5.91 Å². The molecule has 11 heavy (non-hydrogen) atoms. The highest BCUT2D eigenvalue weighted by molar-refractivity contribution is 5.88. The molecule has 3 heteroatoms. The van der Waals surface area contributed by atoms with Crippen LogP contribution >= 0.6 is 0 Å². The zero-order chi connectivity index (χ0) is 8.86. The number of hydrogen-bond acceptors (Lipinski definition) is 2. The van der Waals surface area contributed by atoms with Crippen molar-refractivity contribution in [3.05, 3.63) is 0 Å². The number of carbonyl (C=O) groups is 1. The van der Waals surface area contributed by atoms with Crippen molar-refractivity contribution in [2.24, 2.45) is 5.73 Å². The molecule has 1 amide bonds. The molecule has 0 aromatic rings. The van der Waals surface area contributed by atoms with Crippen LogP contribution in [0.4, 0.5) is 0 Å². The average Bonchev–Trinajstić information content (AvgIpc) is 1.91. The van der Waals surface area contributed by atoms with Gasteiger partial charge in [-0.1, -0.05) is 0 Å². The molecule has 1 fully saturated rings. The molecule has 2 N–H and O–H groups in total. The van der Waals surface area contributed by atoms with E-state index in [0.717, 1.165) is 6.42 Å². The monoisotopic (exact) mass is 156 g/mol. The van der Waals surface area contributed by atoms with Crippen LogP contribution in [0.3, 0.4) is 0 Å². The number of likely N-dealkylation sites (N-methyl/N-ethyl adjacent to an activating group) is 1. The van der Waals surface area contributed by atoms with E-state index in [1.54, 1.807) is 18.9 Å². The van der Waals surface area contributed by atoms with Crippen molar-refractivity contribution < 1.29 is 4.79 Å². The van der Waals surface area contributed by atoms with E-state index in [2.05, 4.69) is 0 Å². The van der Waals surface area contributed by atoms with Crippen LogP contribution in [-0.2, 0) is 4.79 Å². The van der Waals surface area contributed by atoms with Gasteiger partial charge in [-0.05, 0) is 27.2 Å². The second-order valence-corrected chi connectivity index (χ2v) is 4.27. The van der Waals surface area contributed by atoms with Gasteiger partial charge in [0.25, 0.3) is 0 Å². The Morgan fingerprint density at radius 1 is 1.45 bits per heavy atom. The quantitative estimate of drug-likeness (QED) is 0.550. The van der Waals surface area contributed by atoms with Gasteiger partial charge in [-0.2, -0.15) is 0 Å². The number of amides is 1. The summed E-state index contributed by atoms with van der Waals surface area (Å²) in [4.78, 5) is 13.2. The van der Waals surface area contributed by atoms with Crippen molar-refractivity contribution in [1.82, 2.24) is 4.90 Å². The van der Waals surface area contributed by atoms with Gasteiger partial charge in [-0.3, -0.25) is 4.79 Å².